The summed E-state index contributed by atoms with van der Waals surface area (Å²) >= 11 is 0. The molecule has 0 aliphatic heterocycles. The number of benzene rings is 2. The van der Waals surface area contributed by atoms with Crippen LogP contribution in [0.2, 0.25) is 0 Å². The average Bonchev–Trinajstić information content (AvgIpc) is 3.26. The Labute approximate surface area is 183 Å². The van der Waals surface area contributed by atoms with Gasteiger partial charge in [-0.3, -0.25) is 9.59 Å². The Kier molecular flexibility index (Phi) is 7.60. The summed E-state index contributed by atoms with van der Waals surface area (Å²) in [7, 11) is 3.46. The van der Waals surface area contributed by atoms with E-state index in [0.29, 0.717) is 43.8 Å². The Morgan fingerprint density at radius 1 is 1.00 bits per heavy atom. The Bertz CT molecular complexity index is 994. The number of hydrogen-bond acceptors (Lipinski definition) is 4. The number of rotatable bonds is 9. The molecule has 3 rings (SSSR count). The third-order valence-corrected chi connectivity index (χ3v) is 5.11. The maximum atomic E-state index is 12.7. The first-order chi connectivity index (χ1) is 15.0. The third-order valence-electron chi connectivity index (χ3n) is 5.11. The number of carbonyl (C=O) groups excluding carboxylic acids is 2. The van der Waals surface area contributed by atoms with Crippen LogP contribution in [0.5, 0.6) is 0 Å². The summed E-state index contributed by atoms with van der Waals surface area (Å²) in [5, 5.41) is 0. The predicted molar refractivity (Wildman–Crippen MR) is 120 cm³/mol. The lowest BCUT2D eigenvalue weighted by Gasteiger charge is -2.21. The van der Waals surface area contributed by atoms with Gasteiger partial charge in [0.15, 0.2) is 11.7 Å². The molecule has 0 aliphatic rings. The molecule has 0 N–H and O–H groups in total. The van der Waals surface area contributed by atoms with Crippen molar-refractivity contribution >= 4 is 11.8 Å². The fraction of sp³-hybridized carbons (Fsp3) is 0.320. The second-order valence-electron chi connectivity index (χ2n) is 7.64. The number of hydrogen-bond donors (Lipinski definition) is 0. The van der Waals surface area contributed by atoms with E-state index in [1.807, 2.05) is 66.4 Å². The van der Waals surface area contributed by atoms with Gasteiger partial charge in [-0.1, -0.05) is 42.5 Å². The molecule has 1 heterocycles. The van der Waals surface area contributed by atoms with Crippen molar-refractivity contribution in [3.8, 4) is 11.3 Å². The molecule has 3 aromatic rings. The SMILES string of the molecule is CCN(Cc1ccc(C(=O)N(C)C)cc1)C(=O)CCCc1ncc(-c2ccccc2)o1. The van der Waals surface area contributed by atoms with E-state index in [1.54, 1.807) is 25.2 Å². The second-order valence-corrected chi connectivity index (χ2v) is 7.64. The van der Waals surface area contributed by atoms with Gasteiger partial charge in [0, 0.05) is 51.2 Å². The van der Waals surface area contributed by atoms with E-state index >= 15 is 0 Å². The quantitative estimate of drug-likeness (QED) is 0.515. The highest BCUT2D eigenvalue weighted by molar-refractivity contribution is 5.93. The van der Waals surface area contributed by atoms with Crippen LogP contribution in [0.4, 0.5) is 0 Å². The highest BCUT2D eigenvalue weighted by Crippen LogP contribution is 2.20. The van der Waals surface area contributed by atoms with E-state index in [1.165, 1.54) is 0 Å². The minimum absolute atomic E-state index is 0.0306. The molecule has 2 amide bonds. The molecule has 31 heavy (non-hydrogen) atoms. The van der Waals surface area contributed by atoms with Crippen molar-refractivity contribution in [3.05, 3.63) is 77.8 Å². The van der Waals surface area contributed by atoms with Gasteiger partial charge in [0.1, 0.15) is 0 Å². The topological polar surface area (TPSA) is 66.7 Å². The summed E-state index contributed by atoms with van der Waals surface area (Å²) in [5.74, 6) is 1.46. The van der Waals surface area contributed by atoms with Gasteiger partial charge >= 0.3 is 0 Å². The standard InChI is InChI=1S/C25H29N3O3/c1-4-28(18-19-13-15-21(16-14-19)25(30)27(2)3)24(29)12-8-11-23-26-17-22(31-23)20-9-6-5-7-10-20/h5-7,9-10,13-17H,4,8,11-12,18H2,1-3H3. The van der Waals surface area contributed by atoms with Crippen LogP contribution in [0.1, 0.15) is 41.6 Å². The average molecular weight is 420 g/mol. The molecule has 0 spiro atoms. The molecule has 6 heteroatoms. The Hall–Kier alpha value is -3.41. The molecule has 0 aliphatic carbocycles. The summed E-state index contributed by atoms with van der Waals surface area (Å²) in [6.07, 6.45) is 3.47. The Balaban J connectivity index is 1.50. The van der Waals surface area contributed by atoms with Crippen molar-refractivity contribution < 1.29 is 14.0 Å². The van der Waals surface area contributed by atoms with Crippen molar-refractivity contribution in [3.63, 3.8) is 0 Å². The van der Waals surface area contributed by atoms with Gasteiger partial charge in [-0.05, 0) is 31.0 Å². The maximum Gasteiger partial charge on any atom is 0.253 e. The van der Waals surface area contributed by atoms with E-state index < -0.39 is 0 Å². The number of aromatic nitrogens is 1. The minimum Gasteiger partial charge on any atom is -0.441 e. The lowest BCUT2D eigenvalue weighted by molar-refractivity contribution is -0.131. The number of nitrogens with zero attached hydrogens (tertiary/aromatic N) is 3. The molecule has 162 valence electrons. The zero-order valence-electron chi connectivity index (χ0n) is 18.4. The fourth-order valence-corrected chi connectivity index (χ4v) is 3.32. The van der Waals surface area contributed by atoms with Gasteiger partial charge in [0.05, 0.1) is 6.20 Å². The number of oxazole rings is 1. The van der Waals surface area contributed by atoms with Crippen molar-refractivity contribution in [2.45, 2.75) is 32.7 Å². The molecular weight excluding hydrogens is 390 g/mol. The van der Waals surface area contributed by atoms with Crippen LogP contribution < -0.4 is 0 Å². The van der Waals surface area contributed by atoms with Gasteiger partial charge in [-0.15, -0.1) is 0 Å². The van der Waals surface area contributed by atoms with Gasteiger partial charge in [-0.25, -0.2) is 4.98 Å². The maximum absolute atomic E-state index is 12.7. The van der Waals surface area contributed by atoms with E-state index in [9.17, 15) is 9.59 Å². The predicted octanol–water partition coefficient (Wildman–Crippen LogP) is 4.41. The van der Waals surface area contributed by atoms with Crippen LogP contribution in [0.25, 0.3) is 11.3 Å². The zero-order valence-corrected chi connectivity index (χ0v) is 18.4. The lowest BCUT2D eigenvalue weighted by atomic mass is 10.1. The van der Waals surface area contributed by atoms with Crippen molar-refractivity contribution in [1.29, 1.82) is 0 Å². The van der Waals surface area contributed by atoms with Crippen molar-refractivity contribution in [2.75, 3.05) is 20.6 Å². The van der Waals surface area contributed by atoms with E-state index in [0.717, 1.165) is 16.9 Å². The van der Waals surface area contributed by atoms with E-state index in [-0.39, 0.29) is 11.8 Å². The smallest absolute Gasteiger partial charge is 0.253 e. The lowest BCUT2D eigenvalue weighted by Crippen LogP contribution is -2.30. The fourth-order valence-electron chi connectivity index (χ4n) is 3.32. The Morgan fingerprint density at radius 3 is 2.35 bits per heavy atom. The minimum atomic E-state index is -0.0306. The molecule has 2 aromatic carbocycles. The molecule has 0 bridgehead atoms. The molecule has 0 atom stereocenters. The van der Waals surface area contributed by atoms with Crippen LogP contribution in [0.15, 0.2) is 65.2 Å². The first-order valence-electron chi connectivity index (χ1n) is 10.6. The summed E-state index contributed by atoms with van der Waals surface area (Å²) in [6.45, 7) is 3.14. The molecule has 0 fully saturated rings. The van der Waals surface area contributed by atoms with Gasteiger partial charge in [0.25, 0.3) is 5.91 Å². The number of carbonyl (C=O) groups is 2. The summed E-state index contributed by atoms with van der Waals surface area (Å²) < 4.78 is 5.81. The summed E-state index contributed by atoms with van der Waals surface area (Å²) in [5.41, 5.74) is 2.64. The van der Waals surface area contributed by atoms with Crippen molar-refractivity contribution in [2.24, 2.45) is 0 Å². The van der Waals surface area contributed by atoms with Crippen LogP contribution in [0, 0.1) is 0 Å². The Morgan fingerprint density at radius 2 is 1.71 bits per heavy atom. The zero-order chi connectivity index (χ0) is 22.2. The normalized spacial score (nSPS) is 10.7. The van der Waals surface area contributed by atoms with Gasteiger partial charge in [-0.2, -0.15) is 0 Å². The number of aryl methyl sites for hydroxylation is 1. The highest BCUT2D eigenvalue weighted by Gasteiger charge is 2.14. The number of amides is 2. The van der Waals surface area contributed by atoms with Crippen LogP contribution >= 0.6 is 0 Å². The molecule has 0 saturated carbocycles. The summed E-state index contributed by atoms with van der Waals surface area (Å²) in [4.78, 5) is 32.4. The van der Waals surface area contributed by atoms with Crippen LogP contribution in [-0.4, -0.2) is 47.2 Å². The molecule has 6 nitrogen and oxygen atoms in total. The molecular formula is C25H29N3O3. The first-order valence-corrected chi connectivity index (χ1v) is 10.6. The van der Waals surface area contributed by atoms with Crippen LogP contribution in [0.3, 0.4) is 0 Å². The monoisotopic (exact) mass is 419 g/mol. The second kappa shape index (κ2) is 10.6. The molecule has 0 saturated heterocycles. The van der Waals surface area contributed by atoms with Gasteiger partial charge < -0.3 is 14.2 Å². The molecule has 1 aromatic heterocycles. The van der Waals surface area contributed by atoms with E-state index in [2.05, 4.69) is 4.98 Å². The van der Waals surface area contributed by atoms with Crippen LogP contribution in [-0.2, 0) is 17.8 Å². The first kappa shape index (κ1) is 22.3. The molecule has 0 unspecified atom stereocenters. The largest absolute Gasteiger partial charge is 0.441 e. The van der Waals surface area contributed by atoms with Crippen molar-refractivity contribution in [1.82, 2.24) is 14.8 Å². The third kappa shape index (κ3) is 6.04. The highest BCUT2D eigenvalue weighted by atomic mass is 16.4. The van der Waals surface area contributed by atoms with Gasteiger partial charge in [0.2, 0.25) is 5.91 Å². The summed E-state index contributed by atoms with van der Waals surface area (Å²) in [6, 6.07) is 17.3. The molecule has 0 radical (unpaired) electrons. The van der Waals surface area contributed by atoms with E-state index in [4.69, 9.17) is 4.42 Å².